The van der Waals surface area contributed by atoms with Gasteiger partial charge in [0.25, 0.3) is 5.56 Å². The minimum Gasteiger partial charge on any atom is -0.436 e. The Labute approximate surface area is 181 Å². The van der Waals surface area contributed by atoms with Gasteiger partial charge in [-0.25, -0.2) is 4.98 Å². The zero-order chi connectivity index (χ0) is 20.7. The van der Waals surface area contributed by atoms with Gasteiger partial charge in [-0.15, -0.1) is 0 Å². The Morgan fingerprint density at radius 2 is 1.60 bits per heavy atom. The molecule has 0 saturated heterocycles. The third kappa shape index (κ3) is 3.30. The van der Waals surface area contributed by atoms with Crippen LogP contribution in [-0.4, -0.2) is 9.55 Å². The van der Waals surface area contributed by atoms with Crippen molar-refractivity contribution in [2.45, 2.75) is 0 Å². The lowest BCUT2D eigenvalue weighted by molar-refractivity contribution is 0.619. The van der Waals surface area contributed by atoms with E-state index in [1.54, 1.807) is 41.1 Å². The lowest BCUT2D eigenvalue weighted by Gasteiger charge is -2.11. The summed E-state index contributed by atoms with van der Waals surface area (Å²) in [5.74, 6) is 0.394. The van der Waals surface area contributed by atoms with Crippen molar-refractivity contribution in [1.82, 2.24) is 9.55 Å². The molecule has 3 aromatic carbocycles. The summed E-state index contributed by atoms with van der Waals surface area (Å²) in [4.78, 5) is 17.9. The summed E-state index contributed by atoms with van der Waals surface area (Å²) in [6, 6.07) is 23.7. The van der Waals surface area contributed by atoms with Crippen LogP contribution in [-0.2, 0) is 0 Å². The number of hydrogen-bond acceptors (Lipinski definition) is 3. The third-order valence-corrected chi connectivity index (χ3v) is 5.38. The first kappa shape index (κ1) is 18.7. The van der Waals surface area contributed by atoms with Gasteiger partial charge in [0.2, 0.25) is 5.89 Å². The minimum absolute atomic E-state index is 0.183. The summed E-state index contributed by atoms with van der Waals surface area (Å²) >= 11 is 12.5. The summed E-state index contributed by atoms with van der Waals surface area (Å²) in [6.45, 7) is 0. The van der Waals surface area contributed by atoms with Gasteiger partial charge in [0, 0.05) is 33.1 Å². The second-order valence-corrected chi connectivity index (χ2v) is 7.61. The summed E-state index contributed by atoms with van der Waals surface area (Å²) in [6.07, 6.45) is 1.73. The van der Waals surface area contributed by atoms with E-state index in [1.165, 1.54) is 0 Å². The molecule has 6 heteroatoms. The van der Waals surface area contributed by atoms with E-state index in [2.05, 4.69) is 4.98 Å². The molecule has 0 radical (unpaired) electrons. The number of nitrogens with zero attached hydrogens (tertiary/aromatic N) is 2. The number of fused-ring (bicyclic) bond motifs is 1. The van der Waals surface area contributed by atoms with Crippen LogP contribution in [0.3, 0.4) is 0 Å². The van der Waals surface area contributed by atoms with Crippen LogP contribution < -0.4 is 5.56 Å². The topological polar surface area (TPSA) is 48.0 Å². The molecule has 30 heavy (non-hydrogen) atoms. The molecule has 0 aliphatic rings. The number of halogens is 2. The molecular weight excluding hydrogens is 419 g/mol. The Kier molecular flexibility index (Phi) is 4.66. The van der Waals surface area contributed by atoms with Crippen LogP contribution in [0.5, 0.6) is 0 Å². The summed E-state index contributed by atoms with van der Waals surface area (Å²) in [5, 5.41) is 1.07. The Balaban J connectivity index is 1.79. The first-order valence-corrected chi connectivity index (χ1v) is 9.99. The maximum Gasteiger partial charge on any atom is 0.263 e. The minimum atomic E-state index is -0.183. The van der Waals surface area contributed by atoms with Crippen molar-refractivity contribution in [1.29, 1.82) is 0 Å². The number of hydrogen-bond donors (Lipinski definition) is 0. The highest BCUT2D eigenvalue weighted by Gasteiger charge is 2.17. The standard InChI is InChI=1S/C24H14Cl2N2O2/c25-16-10-11-22-21(13-16)27-23(30-22)15-12-19(18-8-4-5-9-20(18)26)24(29)28(14-15)17-6-2-1-3-7-17/h1-14H. The Morgan fingerprint density at radius 1 is 0.833 bits per heavy atom. The molecule has 0 spiro atoms. The molecule has 0 atom stereocenters. The Hall–Kier alpha value is -3.34. The summed E-state index contributed by atoms with van der Waals surface area (Å²) in [7, 11) is 0. The predicted octanol–water partition coefficient (Wildman–Crippen LogP) is 6.62. The SMILES string of the molecule is O=c1c(-c2ccccc2Cl)cc(-c2nc3cc(Cl)ccc3o2)cn1-c1ccccc1. The van der Waals surface area contributed by atoms with Crippen molar-refractivity contribution in [3.8, 4) is 28.3 Å². The third-order valence-electron chi connectivity index (χ3n) is 4.81. The fraction of sp³-hybridized carbons (Fsp3) is 0. The van der Waals surface area contributed by atoms with Gasteiger partial charge in [-0.2, -0.15) is 0 Å². The van der Waals surface area contributed by atoms with E-state index in [9.17, 15) is 4.79 Å². The van der Waals surface area contributed by atoms with Crippen molar-refractivity contribution in [3.05, 3.63) is 105 Å². The van der Waals surface area contributed by atoms with E-state index in [1.807, 2.05) is 48.5 Å². The number of benzene rings is 3. The lowest BCUT2D eigenvalue weighted by atomic mass is 10.0. The average molecular weight is 433 g/mol. The first-order chi connectivity index (χ1) is 14.6. The van der Waals surface area contributed by atoms with E-state index in [0.717, 1.165) is 5.69 Å². The lowest BCUT2D eigenvalue weighted by Crippen LogP contribution is -2.20. The fourth-order valence-electron chi connectivity index (χ4n) is 3.38. The monoisotopic (exact) mass is 432 g/mol. The molecule has 0 N–H and O–H groups in total. The number of para-hydroxylation sites is 1. The van der Waals surface area contributed by atoms with Gasteiger partial charge in [-0.1, -0.05) is 59.6 Å². The molecule has 0 saturated carbocycles. The second kappa shape index (κ2) is 7.48. The van der Waals surface area contributed by atoms with Crippen LogP contribution in [0, 0.1) is 0 Å². The van der Waals surface area contributed by atoms with Crippen molar-refractivity contribution >= 4 is 34.3 Å². The normalized spacial score (nSPS) is 11.1. The molecule has 4 nitrogen and oxygen atoms in total. The van der Waals surface area contributed by atoms with E-state index in [4.69, 9.17) is 27.6 Å². The van der Waals surface area contributed by atoms with Crippen LogP contribution in [0.25, 0.3) is 39.4 Å². The Morgan fingerprint density at radius 3 is 2.40 bits per heavy atom. The molecular formula is C24H14Cl2N2O2. The molecule has 0 amide bonds. The number of oxazole rings is 1. The highest BCUT2D eigenvalue weighted by molar-refractivity contribution is 6.33. The van der Waals surface area contributed by atoms with E-state index in [-0.39, 0.29) is 5.56 Å². The zero-order valence-corrected chi connectivity index (χ0v) is 17.1. The van der Waals surface area contributed by atoms with Crippen molar-refractivity contribution < 1.29 is 4.42 Å². The molecule has 5 aromatic rings. The summed E-state index contributed by atoms with van der Waals surface area (Å²) < 4.78 is 7.52. The molecule has 0 unspecified atom stereocenters. The van der Waals surface area contributed by atoms with Crippen LogP contribution in [0.2, 0.25) is 10.0 Å². The van der Waals surface area contributed by atoms with Crippen LogP contribution in [0.15, 0.2) is 94.3 Å². The van der Waals surface area contributed by atoms with Gasteiger partial charge in [0.05, 0.1) is 5.56 Å². The molecule has 0 aliphatic carbocycles. The van der Waals surface area contributed by atoms with Crippen LogP contribution in [0.1, 0.15) is 0 Å². The second-order valence-electron chi connectivity index (χ2n) is 6.76. The molecule has 146 valence electrons. The van der Waals surface area contributed by atoms with Gasteiger partial charge in [-0.3, -0.25) is 9.36 Å². The average Bonchev–Trinajstić information content (AvgIpc) is 3.18. The number of aromatic nitrogens is 2. The molecule has 5 rings (SSSR count). The van der Waals surface area contributed by atoms with Gasteiger partial charge in [-0.05, 0) is 42.5 Å². The van der Waals surface area contributed by atoms with Crippen molar-refractivity contribution in [3.63, 3.8) is 0 Å². The van der Waals surface area contributed by atoms with Gasteiger partial charge < -0.3 is 4.42 Å². The maximum absolute atomic E-state index is 13.4. The van der Waals surface area contributed by atoms with Crippen LogP contribution >= 0.6 is 23.2 Å². The smallest absolute Gasteiger partial charge is 0.263 e. The predicted molar refractivity (Wildman–Crippen MR) is 120 cm³/mol. The highest BCUT2D eigenvalue weighted by Crippen LogP contribution is 2.31. The van der Waals surface area contributed by atoms with Gasteiger partial charge >= 0.3 is 0 Å². The number of rotatable bonds is 3. The fourth-order valence-corrected chi connectivity index (χ4v) is 3.78. The molecule has 0 bridgehead atoms. The largest absolute Gasteiger partial charge is 0.436 e. The van der Waals surface area contributed by atoms with Crippen LogP contribution in [0.4, 0.5) is 0 Å². The van der Waals surface area contributed by atoms with Gasteiger partial charge in [0.15, 0.2) is 5.58 Å². The molecule has 2 heterocycles. The molecule has 0 aliphatic heterocycles. The molecule has 0 fully saturated rings. The zero-order valence-electron chi connectivity index (χ0n) is 15.5. The quantitative estimate of drug-likeness (QED) is 0.321. The summed E-state index contributed by atoms with van der Waals surface area (Å²) in [5.41, 5.74) is 3.58. The van der Waals surface area contributed by atoms with E-state index < -0.39 is 0 Å². The number of pyridine rings is 1. The van der Waals surface area contributed by atoms with Gasteiger partial charge in [0.1, 0.15) is 5.52 Å². The molecule has 2 aromatic heterocycles. The maximum atomic E-state index is 13.4. The highest BCUT2D eigenvalue weighted by atomic mass is 35.5. The van der Waals surface area contributed by atoms with E-state index in [0.29, 0.717) is 43.7 Å². The first-order valence-electron chi connectivity index (χ1n) is 9.24. The van der Waals surface area contributed by atoms with E-state index >= 15 is 0 Å². The Bertz CT molecular complexity index is 1440. The van der Waals surface area contributed by atoms with Crippen molar-refractivity contribution in [2.24, 2.45) is 0 Å². The van der Waals surface area contributed by atoms with Crippen molar-refractivity contribution in [2.75, 3.05) is 0 Å².